The van der Waals surface area contributed by atoms with Gasteiger partial charge < -0.3 is 5.11 Å². The number of imidazole rings is 1. The van der Waals surface area contributed by atoms with Gasteiger partial charge in [0.25, 0.3) is 0 Å². The minimum Gasteiger partial charge on any atom is -0.492 e. The molecule has 3 aromatic rings. The SMILES string of the molecule is Oc1c(-c2ccc(Cl)cc2)nc2ccc(Br)nn12. The molecule has 6 heteroatoms. The first-order chi connectivity index (χ1) is 8.65. The molecule has 1 aromatic carbocycles. The van der Waals surface area contributed by atoms with Crippen molar-refractivity contribution in [1.29, 1.82) is 0 Å². The summed E-state index contributed by atoms with van der Waals surface area (Å²) in [4.78, 5) is 4.34. The fourth-order valence-electron chi connectivity index (χ4n) is 1.70. The van der Waals surface area contributed by atoms with Crippen LogP contribution in [-0.2, 0) is 0 Å². The maximum Gasteiger partial charge on any atom is 0.241 e. The van der Waals surface area contributed by atoms with E-state index in [1.807, 2.05) is 0 Å². The molecular formula is C12H7BrClN3O. The lowest BCUT2D eigenvalue weighted by molar-refractivity contribution is 0.440. The van der Waals surface area contributed by atoms with Gasteiger partial charge in [-0.1, -0.05) is 23.7 Å². The van der Waals surface area contributed by atoms with Gasteiger partial charge >= 0.3 is 0 Å². The van der Waals surface area contributed by atoms with Crippen LogP contribution in [0.2, 0.25) is 5.02 Å². The van der Waals surface area contributed by atoms with Gasteiger partial charge in [0, 0.05) is 10.6 Å². The van der Waals surface area contributed by atoms with Gasteiger partial charge in [-0.3, -0.25) is 0 Å². The Morgan fingerprint density at radius 2 is 1.83 bits per heavy atom. The van der Waals surface area contributed by atoms with Crippen LogP contribution in [0.15, 0.2) is 41.0 Å². The molecule has 2 aromatic heterocycles. The van der Waals surface area contributed by atoms with Crippen molar-refractivity contribution >= 4 is 33.2 Å². The van der Waals surface area contributed by atoms with Gasteiger partial charge in [-0.25, -0.2) is 4.98 Å². The Hall–Kier alpha value is -1.59. The molecule has 3 rings (SSSR count). The van der Waals surface area contributed by atoms with Crippen LogP contribution in [0, 0.1) is 0 Å². The van der Waals surface area contributed by atoms with Crippen molar-refractivity contribution < 1.29 is 5.11 Å². The predicted molar refractivity (Wildman–Crippen MR) is 72.8 cm³/mol. The van der Waals surface area contributed by atoms with Crippen molar-refractivity contribution in [3.8, 4) is 17.1 Å². The third-order valence-electron chi connectivity index (χ3n) is 2.54. The maximum absolute atomic E-state index is 10.1. The zero-order valence-electron chi connectivity index (χ0n) is 9.01. The lowest BCUT2D eigenvalue weighted by Gasteiger charge is -1.98. The molecule has 0 saturated heterocycles. The summed E-state index contributed by atoms with van der Waals surface area (Å²) in [6.45, 7) is 0. The molecule has 2 heterocycles. The standard InChI is InChI=1S/C12H7BrClN3O/c13-9-5-6-10-15-11(12(18)17(10)16-9)7-1-3-8(14)4-2-7/h1-6,18H. The minimum absolute atomic E-state index is 0.00798. The first kappa shape index (κ1) is 11.5. The molecule has 0 aliphatic carbocycles. The molecule has 0 bridgehead atoms. The molecule has 0 amide bonds. The van der Waals surface area contributed by atoms with Crippen molar-refractivity contribution in [3.05, 3.63) is 46.0 Å². The topological polar surface area (TPSA) is 50.4 Å². The van der Waals surface area contributed by atoms with Crippen molar-refractivity contribution in [2.75, 3.05) is 0 Å². The zero-order chi connectivity index (χ0) is 12.7. The number of nitrogens with zero attached hydrogens (tertiary/aromatic N) is 3. The Kier molecular flexibility index (Phi) is 2.72. The van der Waals surface area contributed by atoms with Crippen LogP contribution in [0.3, 0.4) is 0 Å². The summed E-state index contributed by atoms with van der Waals surface area (Å²) in [5, 5.41) is 14.9. The Balaban J connectivity index is 2.23. The van der Waals surface area contributed by atoms with E-state index >= 15 is 0 Å². The van der Waals surface area contributed by atoms with E-state index in [1.54, 1.807) is 36.4 Å². The number of aromatic hydroxyl groups is 1. The molecule has 18 heavy (non-hydrogen) atoms. The number of benzene rings is 1. The van der Waals surface area contributed by atoms with Gasteiger partial charge in [0.15, 0.2) is 5.65 Å². The lowest BCUT2D eigenvalue weighted by Crippen LogP contribution is -1.90. The molecule has 0 spiro atoms. The molecule has 1 N–H and O–H groups in total. The normalized spacial score (nSPS) is 11.0. The average Bonchev–Trinajstić information content (AvgIpc) is 2.68. The molecule has 0 aliphatic heterocycles. The van der Waals surface area contributed by atoms with E-state index in [2.05, 4.69) is 26.0 Å². The maximum atomic E-state index is 10.1. The second-order valence-electron chi connectivity index (χ2n) is 3.72. The largest absolute Gasteiger partial charge is 0.492 e. The molecule has 0 aliphatic rings. The third kappa shape index (κ3) is 1.85. The highest BCUT2D eigenvalue weighted by Gasteiger charge is 2.14. The number of fused-ring (bicyclic) bond motifs is 1. The highest BCUT2D eigenvalue weighted by molar-refractivity contribution is 9.10. The van der Waals surface area contributed by atoms with Gasteiger partial charge in [0.05, 0.1) is 0 Å². The number of hydrogen-bond donors (Lipinski definition) is 1. The summed E-state index contributed by atoms with van der Waals surface area (Å²) in [7, 11) is 0. The van der Waals surface area contributed by atoms with Crippen LogP contribution in [0.4, 0.5) is 0 Å². The summed E-state index contributed by atoms with van der Waals surface area (Å²) in [5.74, 6) is 0.00798. The van der Waals surface area contributed by atoms with E-state index in [0.717, 1.165) is 5.56 Å². The molecule has 0 atom stereocenters. The minimum atomic E-state index is 0.00798. The van der Waals surface area contributed by atoms with E-state index in [9.17, 15) is 5.11 Å². The summed E-state index contributed by atoms with van der Waals surface area (Å²) < 4.78 is 2.01. The van der Waals surface area contributed by atoms with Crippen LogP contribution in [0.1, 0.15) is 0 Å². The molecule has 0 saturated carbocycles. The van der Waals surface area contributed by atoms with Crippen molar-refractivity contribution in [2.24, 2.45) is 0 Å². The van der Waals surface area contributed by atoms with Crippen molar-refractivity contribution in [2.45, 2.75) is 0 Å². The fraction of sp³-hybridized carbons (Fsp3) is 0. The van der Waals surface area contributed by atoms with E-state index in [4.69, 9.17) is 11.6 Å². The Morgan fingerprint density at radius 3 is 2.56 bits per heavy atom. The smallest absolute Gasteiger partial charge is 0.241 e. The van der Waals surface area contributed by atoms with Gasteiger partial charge in [-0.05, 0) is 40.2 Å². The summed E-state index contributed by atoms with van der Waals surface area (Å²) in [5.41, 5.74) is 1.86. The van der Waals surface area contributed by atoms with E-state index in [1.165, 1.54) is 4.52 Å². The zero-order valence-corrected chi connectivity index (χ0v) is 11.4. The van der Waals surface area contributed by atoms with Gasteiger partial charge in [-0.15, -0.1) is 0 Å². The number of aromatic nitrogens is 3. The molecule has 0 fully saturated rings. The number of hydrogen-bond acceptors (Lipinski definition) is 3. The molecule has 90 valence electrons. The fourth-order valence-corrected chi connectivity index (χ4v) is 2.12. The van der Waals surface area contributed by atoms with E-state index < -0.39 is 0 Å². The summed E-state index contributed by atoms with van der Waals surface area (Å²) in [6, 6.07) is 10.7. The third-order valence-corrected chi connectivity index (χ3v) is 3.21. The van der Waals surface area contributed by atoms with E-state index in [0.29, 0.717) is 21.0 Å². The molecule has 0 unspecified atom stereocenters. The average molecular weight is 325 g/mol. The first-order valence-electron chi connectivity index (χ1n) is 5.15. The summed E-state index contributed by atoms with van der Waals surface area (Å²) in [6.07, 6.45) is 0. The van der Waals surface area contributed by atoms with Crippen LogP contribution in [0.5, 0.6) is 5.88 Å². The quantitative estimate of drug-likeness (QED) is 0.745. The monoisotopic (exact) mass is 323 g/mol. The Bertz CT molecular complexity index is 724. The Labute approximate surface area is 116 Å². The second-order valence-corrected chi connectivity index (χ2v) is 4.97. The highest BCUT2D eigenvalue weighted by atomic mass is 79.9. The number of halogens is 2. The van der Waals surface area contributed by atoms with Gasteiger partial charge in [-0.2, -0.15) is 9.61 Å². The second kappa shape index (κ2) is 4.26. The van der Waals surface area contributed by atoms with Gasteiger partial charge in [0.2, 0.25) is 5.88 Å². The number of rotatable bonds is 1. The van der Waals surface area contributed by atoms with Crippen molar-refractivity contribution in [3.63, 3.8) is 0 Å². The Morgan fingerprint density at radius 1 is 1.11 bits per heavy atom. The van der Waals surface area contributed by atoms with Crippen molar-refractivity contribution in [1.82, 2.24) is 14.6 Å². The van der Waals surface area contributed by atoms with E-state index in [-0.39, 0.29) is 5.88 Å². The lowest BCUT2D eigenvalue weighted by atomic mass is 10.2. The molecule has 4 nitrogen and oxygen atoms in total. The predicted octanol–water partition coefficient (Wildman–Crippen LogP) is 3.52. The molecular weight excluding hydrogens is 318 g/mol. The highest BCUT2D eigenvalue weighted by Crippen LogP contribution is 2.30. The first-order valence-corrected chi connectivity index (χ1v) is 6.32. The molecule has 0 radical (unpaired) electrons. The van der Waals surface area contributed by atoms with Gasteiger partial charge in [0.1, 0.15) is 10.3 Å². The summed E-state index contributed by atoms with van der Waals surface area (Å²) >= 11 is 9.09. The van der Waals surface area contributed by atoms with Crippen LogP contribution in [-0.4, -0.2) is 19.7 Å². The van der Waals surface area contributed by atoms with Crippen LogP contribution in [0.25, 0.3) is 16.9 Å². The van der Waals surface area contributed by atoms with Crippen LogP contribution < -0.4 is 0 Å². The van der Waals surface area contributed by atoms with Crippen LogP contribution >= 0.6 is 27.5 Å².